The second-order valence-electron chi connectivity index (χ2n) is 6.36. The molecule has 0 bridgehead atoms. The molecule has 2 aromatic heterocycles. The van der Waals surface area contributed by atoms with Crippen LogP contribution in [-0.4, -0.2) is 59.3 Å². The molecule has 1 saturated heterocycles. The Hall–Kier alpha value is -2.87. The number of H-pyrrole nitrogens is 1. The van der Waals surface area contributed by atoms with Crippen LogP contribution in [0.15, 0.2) is 53.1 Å². The summed E-state index contributed by atoms with van der Waals surface area (Å²) in [6, 6.07) is 12.6. The molecule has 0 spiro atoms. The number of rotatable bonds is 4. The lowest BCUT2D eigenvalue weighted by Gasteiger charge is -2.37. The maximum Gasteiger partial charge on any atom is 0.194 e. The van der Waals surface area contributed by atoms with Gasteiger partial charge in [-0.05, 0) is 29.1 Å². The van der Waals surface area contributed by atoms with Crippen molar-refractivity contribution in [3.63, 3.8) is 0 Å². The van der Waals surface area contributed by atoms with Gasteiger partial charge in [0.15, 0.2) is 11.8 Å². The Balaban J connectivity index is 1.34. The number of hydrogen-bond acceptors (Lipinski definition) is 5. The molecule has 0 unspecified atom stereocenters. The molecule has 1 fully saturated rings. The Morgan fingerprint density at radius 3 is 2.81 bits per heavy atom. The number of hydrogen-bond donors (Lipinski definition) is 2. The van der Waals surface area contributed by atoms with Crippen LogP contribution in [0.3, 0.4) is 0 Å². The van der Waals surface area contributed by atoms with Crippen molar-refractivity contribution >= 4 is 22.3 Å². The molecule has 140 valence electrons. The highest BCUT2D eigenvalue weighted by Gasteiger charge is 2.20. The lowest BCUT2D eigenvalue weighted by Crippen LogP contribution is -2.52. The number of aromatic nitrogens is 3. The van der Waals surface area contributed by atoms with Crippen LogP contribution < -0.4 is 10.2 Å². The Morgan fingerprint density at radius 1 is 1.22 bits per heavy atom. The molecule has 3 heterocycles. The average Bonchev–Trinajstić information content (AvgIpc) is 3.43. The Labute approximate surface area is 162 Å². The van der Waals surface area contributed by atoms with Crippen molar-refractivity contribution in [3.8, 4) is 11.4 Å². The Morgan fingerprint density at radius 2 is 2.11 bits per heavy atom. The highest BCUT2D eigenvalue weighted by Crippen LogP contribution is 2.22. The van der Waals surface area contributed by atoms with Crippen molar-refractivity contribution in [2.24, 2.45) is 4.99 Å². The molecular formula is C19H23N7S. The summed E-state index contributed by atoms with van der Waals surface area (Å²) in [7, 11) is 1.85. The summed E-state index contributed by atoms with van der Waals surface area (Å²) in [5, 5.41) is 13.8. The molecule has 0 radical (unpaired) electrons. The second kappa shape index (κ2) is 8.22. The summed E-state index contributed by atoms with van der Waals surface area (Å²) in [6.07, 6.45) is 1.53. The molecule has 4 rings (SSSR count). The van der Waals surface area contributed by atoms with E-state index in [0.29, 0.717) is 0 Å². The fourth-order valence-corrected chi connectivity index (χ4v) is 4.06. The van der Waals surface area contributed by atoms with E-state index in [2.05, 4.69) is 64.9 Å². The van der Waals surface area contributed by atoms with Gasteiger partial charge in [-0.15, -0.1) is 11.3 Å². The van der Waals surface area contributed by atoms with Gasteiger partial charge in [0.2, 0.25) is 0 Å². The van der Waals surface area contributed by atoms with Crippen LogP contribution in [0.2, 0.25) is 0 Å². The van der Waals surface area contributed by atoms with Crippen LogP contribution in [0.5, 0.6) is 0 Å². The normalized spacial score (nSPS) is 15.2. The topological polar surface area (TPSA) is 72.4 Å². The third kappa shape index (κ3) is 4.11. The molecule has 2 N–H and O–H groups in total. The largest absolute Gasteiger partial charge is 0.360 e. The van der Waals surface area contributed by atoms with E-state index in [0.717, 1.165) is 50.1 Å². The molecule has 0 saturated carbocycles. The number of benzene rings is 1. The highest BCUT2D eigenvalue weighted by molar-refractivity contribution is 7.14. The summed E-state index contributed by atoms with van der Waals surface area (Å²) in [5.74, 6) is 1.73. The smallest absolute Gasteiger partial charge is 0.194 e. The van der Waals surface area contributed by atoms with Crippen molar-refractivity contribution in [1.82, 2.24) is 25.4 Å². The van der Waals surface area contributed by atoms with E-state index in [1.165, 1.54) is 16.9 Å². The lowest BCUT2D eigenvalue weighted by molar-refractivity contribution is 0.373. The molecule has 8 heteroatoms. The molecule has 27 heavy (non-hydrogen) atoms. The predicted molar refractivity (Wildman–Crippen MR) is 110 cm³/mol. The average molecular weight is 382 g/mol. The zero-order chi connectivity index (χ0) is 18.5. The molecular weight excluding hydrogens is 358 g/mol. The van der Waals surface area contributed by atoms with Crippen LogP contribution in [0.1, 0.15) is 5.56 Å². The van der Waals surface area contributed by atoms with Crippen molar-refractivity contribution < 1.29 is 0 Å². The first-order chi connectivity index (χ1) is 13.3. The number of nitrogens with zero attached hydrogens (tertiary/aromatic N) is 5. The van der Waals surface area contributed by atoms with Crippen LogP contribution in [0.4, 0.5) is 5.00 Å². The molecule has 3 aromatic rings. The number of aliphatic imine (C=N–C) groups is 1. The fraction of sp³-hybridized carbons (Fsp3) is 0.316. The van der Waals surface area contributed by atoms with E-state index >= 15 is 0 Å². The van der Waals surface area contributed by atoms with Crippen LogP contribution in [0.25, 0.3) is 11.4 Å². The summed E-state index contributed by atoms with van der Waals surface area (Å²) in [6.45, 7) is 4.69. The SMILES string of the molecule is CN=C(NCc1cccc(-c2ncn[nH]2)c1)N1CCN(c2cccs2)CC1. The van der Waals surface area contributed by atoms with Gasteiger partial charge in [0.1, 0.15) is 6.33 Å². The van der Waals surface area contributed by atoms with E-state index in [9.17, 15) is 0 Å². The van der Waals surface area contributed by atoms with Crippen molar-refractivity contribution in [2.45, 2.75) is 6.54 Å². The van der Waals surface area contributed by atoms with E-state index < -0.39 is 0 Å². The number of anilines is 1. The molecule has 7 nitrogen and oxygen atoms in total. The molecule has 0 amide bonds. The first-order valence-electron chi connectivity index (χ1n) is 9.02. The summed E-state index contributed by atoms with van der Waals surface area (Å²) < 4.78 is 0. The molecule has 0 aliphatic carbocycles. The Bertz CT molecular complexity index is 865. The minimum absolute atomic E-state index is 0.722. The number of piperazine rings is 1. The van der Waals surface area contributed by atoms with Gasteiger partial charge in [-0.2, -0.15) is 5.10 Å². The standard InChI is InChI=1S/C19H23N7S/c1-20-19(26-9-7-25(8-10-26)17-6-3-11-27-17)21-13-15-4-2-5-16(12-15)18-22-14-23-24-18/h2-6,11-12,14H,7-10,13H2,1H3,(H,20,21)(H,22,23,24). The number of nitrogens with one attached hydrogen (secondary N) is 2. The molecule has 1 aliphatic rings. The zero-order valence-corrected chi connectivity index (χ0v) is 16.1. The van der Waals surface area contributed by atoms with Gasteiger partial charge in [-0.25, -0.2) is 4.98 Å². The number of guanidine groups is 1. The first-order valence-corrected chi connectivity index (χ1v) is 9.90. The van der Waals surface area contributed by atoms with Crippen LogP contribution >= 0.6 is 11.3 Å². The quantitative estimate of drug-likeness (QED) is 0.536. The molecule has 0 atom stereocenters. The van der Waals surface area contributed by atoms with Gasteiger partial charge in [-0.3, -0.25) is 10.1 Å². The lowest BCUT2D eigenvalue weighted by atomic mass is 10.1. The van der Waals surface area contributed by atoms with Gasteiger partial charge >= 0.3 is 0 Å². The van der Waals surface area contributed by atoms with Crippen molar-refractivity contribution in [2.75, 3.05) is 38.1 Å². The molecule has 1 aliphatic heterocycles. The summed E-state index contributed by atoms with van der Waals surface area (Å²) in [4.78, 5) is 13.5. The van der Waals surface area contributed by atoms with Crippen molar-refractivity contribution in [1.29, 1.82) is 0 Å². The minimum atomic E-state index is 0.722. The van der Waals surface area contributed by atoms with Crippen molar-refractivity contribution in [3.05, 3.63) is 53.7 Å². The maximum atomic E-state index is 4.47. The van der Waals surface area contributed by atoms with E-state index in [1.54, 1.807) is 11.3 Å². The minimum Gasteiger partial charge on any atom is -0.360 e. The van der Waals surface area contributed by atoms with Gasteiger partial charge in [0, 0.05) is 45.3 Å². The third-order valence-electron chi connectivity index (χ3n) is 4.67. The molecule has 1 aromatic carbocycles. The van der Waals surface area contributed by atoms with E-state index in [-0.39, 0.29) is 0 Å². The fourth-order valence-electron chi connectivity index (χ4n) is 3.28. The van der Waals surface area contributed by atoms with E-state index in [4.69, 9.17) is 0 Å². The monoisotopic (exact) mass is 381 g/mol. The summed E-state index contributed by atoms with van der Waals surface area (Å²) in [5.41, 5.74) is 2.22. The Kier molecular flexibility index (Phi) is 5.34. The number of aromatic amines is 1. The van der Waals surface area contributed by atoms with Gasteiger partial charge in [0.05, 0.1) is 5.00 Å². The predicted octanol–water partition coefficient (Wildman–Crippen LogP) is 2.43. The number of thiophene rings is 1. The van der Waals surface area contributed by atoms with Gasteiger partial charge in [0.25, 0.3) is 0 Å². The van der Waals surface area contributed by atoms with E-state index in [1.807, 2.05) is 19.2 Å². The van der Waals surface area contributed by atoms with Crippen LogP contribution in [0, 0.1) is 0 Å². The highest BCUT2D eigenvalue weighted by atomic mass is 32.1. The maximum absolute atomic E-state index is 4.47. The van der Waals surface area contributed by atoms with Crippen LogP contribution in [-0.2, 0) is 6.54 Å². The van der Waals surface area contributed by atoms with Gasteiger partial charge < -0.3 is 15.1 Å². The first kappa shape index (κ1) is 17.5. The zero-order valence-electron chi connectivity index (χ0n) is 15.3. The summed E-state index contributed by atoms with van der Waals surface area (Å²) >= 11 is 1.80. The van der Waals surface area contributed by atoms with Gasteiger partial charge in [-0.1, -0.05) is 18.2 Å². The third-order valence-corrected chi connectivity index (χ3v) is 5.60. The second-order valence-corrected chi connectivity index (χ2v) is 7.29.